The normalized spacial score (nSPS) is 10.2. The number of aryl methyl sites for hydroxylation is 1. The van der Waals surface area contributed by atoms with Gasteiger partial charge in [0.1, 0.15) is 5.82 Å². The molecule has 3 nitrogen and oxygen atoms in total. The third kappa shape index (κ3) is 3.17. The van der Waals surface area contributed by atoms with Gasteiger partial charge in [0.05, 0.1) is 5.56 Å². The summed E-state index contributed by atoms with van der Waals surface area (Å²) in [5.74, 6) is -0.802. The third-order valence-corrected chi connectivity index (χ3v) is 3.78. The number of hydrogen-bond donors (Lipinski definition) is 2. The Kier molecular flexibility index (Phi) is 4.39. The van der Waals surface area contributed by atoms with E-state index in [9.17, 15) is 9.18 Å². The van der Waals surface area contributed by atoms with Gasteiger partial charge < -0.3 is 10.6 Å². The van der Waals surface area contributed by atoms with Crippen LogP contribution in [0.1, 0.15) is 15.9 Å². The Morgan fingerprint density at radius 3 is 2.60 bits per heavy atom. The first kappa shape index (κ1) is 14.5. The standard InChI is InChI=1S/C15H14BrFN2O/c1-9-3-5-11(8-13(9)16)19-15(20)12-7-10(17)4-6-14(12)18-2/h3-8,18H,1-2H3,(H,19,20). The van der Waals surface area contributed by atoms with Gasteiger partial charge in [-0.2, -0.15) is 0 Å². The maximum atomic E-state index is 13.3. The largest absolute Gasteiger partial charge is 0.387 e. The lowest BCUT2D eigenvalue weighted by atomic mass is 10.1. The van der Waals surface area contributed by atoms with Crippen LogP contribution in [-0.2, 0) is 0 Å². The van der Waals surface area contributed by atoms with E-state index in [0.717, 1.165) is 10.0 Å². The molecule has 0 heterocycles. The predicted molar refractivity (Wildman–Crippen MR) is 82.8 cm³/mol. The molecule has 0 atom stereocenters. The number of carbonyl (C=O) groups excluding carboxylic acids is 1. The summed E-state index contributed by atoms with van der Waals surface area (Å²) in [5, 5.41) is 5.63. The molecular weight excluding hydrogens is 323 g/mol. The Hall–Kier alpha value is -1.88. The fourth-order valence-electron chi connectivity index (χ4n) is 1.79. The van der Waals surface area contributed by atoms with E-state index in [1.807, 2.05) is 19.1 Å². The summed E-state index contributed by atoms with van der Waals surface area (Å²) < 4.78 is 14.2. The second-order valence-electron chi connectivity index (χ2n) is 4.36. The molecule has 2 aromatic carbocycles. The highest BCUT2D eigenvalue weighted by molar-refractivity contribution is 9.10. The number of amides is 1. The quantitative estimate of drug-likeness (QED) is 0.882. The molecular formula is C15H14BrFN2O. The second-order valence-corrected chi connectivity index (χ2v) is 5.21. The van der Waals surface area contributed by atoms with Crippen molar-refractivity contribution in [3.63, 3.8) is 0 Å². The first-order valence-electron chi connectivity index (χ1n) is 6.06. The van der Waals surface area contributed by atoms with Gasteiger partial charge in [-0.15, -0.1) is 0 Å². The molecule has 2 N–H and O–H groups in total. The van der Waals surface area contributed by atoms with Gasteiger partial charge in [-0.3, -0.25) is 4.79 Å². The highest BCUT2D eigenvalue weighted by Gasteiger charge is 2.12. The number of halogens is 2. The Morgan fingerprint density at radius 2 is 1.95 bits per heavy atom. The molecule has 0 aliphatic rings. The maximum Gasteiger partial charge on any atom is 0.257 e. The minimum atomic E-state index is -0.445. The van der Waals surface area contributed by atoms with Crippen LogP contribution < -0.4 is 10.6 Å². The summed E-state index contributed by atoms with van der Waals surface area (Å²) in [5.41, 5.74) is 2.57. The molecule has 2 aromatic rings. The van der Waals surface area contributed by atoms with Crippen molar-refractivity contribution in [2.24, 2.45) is 0 Å². The lowest BCUT2D eigenvalue weighted by Gasteiger charge is -2.11. The van der Waals surface area contributed by atoms with Gasteiger partial charge in [0.15, 0.2) is 0 Å². The van der Waals surface area contributed by atoms with Gasteiger partial charge in [-0.05, 0) is 42.8 Å². The highest BCUT2D eigenvalue weighted by atomic mass is 79.9. The van der Waals surface area contributed by atoms with Gasteiger partial charge in [0, 0.05) is 22.9 Å². The van der Waals surface area contributed by atoms with Crippen LogP contribution >= 0.6 is 15.9 Å². The summed E-state index contributed by atoms with van der Waals surface area (Å²) in [6, 6.07) is 9.57. The number of rotatable bonds is 3. The van der Waals surface area contributed by atoms with Crippen molar-refractivity contribution in [2.75, 3.05) is 17.7 Å². The molecule has 0 bridgehead atoms. The Labute approximate surface area is 125 Å². The van der Waals surface area contributed by atoms with Crippen LogP contribution in [0.5, 0.6) is 0 Å². The van der Waals surface area contributed by atoms with E-state index in [-0.39, 0.29) is 11.5 Å². The van der Waals surface area contributed by atoms with Crippen LogP contribution in [-0.4, -0.2) is 13.0 Å². The SMILES string of the molecule is CNc1ccc(F)cc1C(=O)Nc1ccc(C)c(Br)c1. The minimum Gasteiger partial charge on any atom is -0.387 e. The number of nitrogens with one attached hydrogen (secondary N) is 2. The maximum absolute atomic E-state index is 13.3. The van der Waals surface area contributed by atoms with Crippen molar-refractivity contribution in [3.8, 4) is 0 Å². The fourth-order valence-corrected chi connectivity index (χ4v) is 2.17. The molecule has 0 aliphatic heterocycles. The molecule has 0 fully saturated rings. The Morgan fingerprint density at radius 1 is 1.20 bits per heavy atom. The minimum absolute atomic E-state index is 0.268. The Balaban J connectivity index is 2.27. The summed E-state index contributed by atoms with van der Waals surface area (Å²) in [7, 11) is 1.69. The highest BCUT2D eigenvalue weighted by Crippen LogP contribution is 2.22. The van der Waals surface area contributed by atoms with E-state index in [1.165, 1.54) is 18.2 Å². The first-order valence-corrected chi connectivity index (χ1v) is 6.85. The molecule has 0 aliphatic carbocycles. The molecule has 0 radical (unpaired) electrons. The molecule has 0 saturated carbocycles. The lowest BCUT2D eigenvalue weighted by Crippen LogP contribution is -2.14. The average molecular weight is 337 g/mol. The second kappa shape index (κ2) is 6.05. The predicted octanol–water partition coefficient (Wildman–Crippen LogP) is 4.19. The van der Waals surface area contributed by atoms with Crippen LogP contribution in [0, 0.1) is 12.7 Å². The average Bonchev–Trinajstić information content (AvgIpc) is 2.43. The van der Waals surface area contributed by atoms with E-state index < -0.39 is 5.82 Å². The molecule has 0 spiro atoms. The summed E-state index contributed by atoms with van der Waals surface area (Å²) in [6.07, 6.45) is 0. The van der Waals surface area contributed by atoms with Crippen molar-refractivity contribution in [1.82, 2.24) is 0 Å². The van der Waals surface area contributed by atoms with E-state index in [0.29, 0.717) is 11.4 Å². The van der Waals surface area contributed by atoms with Gasteiger partial charge in [0.2, 0.25) is 0 Å². The molecule has 0 unspecified atom stereocenters. The van der Waals surface area contributed by atoms with Crippen molar-refractivity contribution < 1.29 is 9.18 Å². The molecule has 5 heteroatoms. The van der Waals surface area contributed by atoms with Gasteiger partial charge in [-0.25, -0.2) is 4.39 Å². The zero-order chi connectivity index (χ0) is 14.7. The number of benzene rings is 2. The molecule has 104 valence electrons. The molecule has 0 aromatic heterocycles. The van der Waals surface area contributed by atoms with E-state index in [2.05, 4.69) is 26.6 Å². The van der Waals surface area contributed by atoms with Crippen LogP contribution in [0.25, 0.3) is 0 Å². The Bertz CT molecular complexity index is 658. The van der Waals surface area contributed by atoms with Crippen LogP contribution in [0.15, 0.2) is 40.9 Å². The molecule has 0 saturated heterocycles. The zero-order valence-electron chi connectivity index (χ0n) is 11.1. The number of hydrogen-bond acceptors (Lipinski definition) is 2. The van der Waals surface area contributed by atoms with Crippen LogP contribution in [0.4, 0.5) is 15.8 Å². The molecule has 2 rings (SSSR count). The van der Waals surface area contributed by atoms with Crippen molar-refractivity contribution in [3.05, 3.63) is 57.8 Å². The summed E-state index contributed by atoms with van der Waals surface area (Å²) in [6.45, 7) is 1.96. The van der Waals surface area contributed by atoms with E-state index in [1.54, 1.807) is 13.1 Å². The fraction of sp³-hybridized carbons (Fsp3) is 0.133. The van der Waals surface area contributed by atoms with Crippen molar-refractivity contribution >= 4 is 33.2 Å². The first-order chi connectivity index (χ1) is 9.51. The summed E-state index contributed by atoms with van der Waals surface area (Å²) in [4.78, 5) is 12.2. The van der Waals surface area contributed by atoms with Gasteiger partial charge in [0.25, 0.3) is 5.91 Å². The van der Waals surface area contributed by atoms with Crippen LogP contribution in [0.3, 0.4) is 0 Å². The summed E-state index contributed by atoms with van der Waals surface area (Å²) >= 11 is 3.41. The van der Waals surface area contributed by atoms with Crippen LogP contribution in [0.2, 0.25) is 0 Å². The van der Waals surface area contributed by atoms with Crippen molar-refractivity contribution in [1.29, 1.82) is 0 Å². The smallest absolute Gasteiger partial charge is 0.257 e. The number of carbonyl (C=O) groups is 1. The molecule has 20 heavy (non-hydrogen) atoms. The van der Waals surface area contributed by atoms with E-state index >= 15 is 0 Å². The van der Waals surface area contributed by atoms with E-state index in [4.69, 9.17) is 0 Å². The molecule has 1 amide bonds. The van der Waals surface area contributed by atoms with Gasteiger partial charge >= 0.3 is 0 Å². The number of anilines is 2. The lowest BCUT2D eigenvalue weighted by molar-refractivity contribution is 0.102. The monoisotopic (exact) mass is 336 g/mol. The zero-order valence-corrected chi connectivity index (χ0v) is 12.7. The van der Waals surface area contributed by atoms with Crippen molar-refractivity contribution in [2.45, 2.75) is 6.92 Å². The third-order valence-electron chi connectivity index (χ3n) is 2.93. The van der Waals surface area contributed by atoms with Gasteiger partial charge in [-0.1, -0.05) is 22.0 Å². The topological polar surface area (TPSA) is 41.1 Å².